The predicted molar refractivity (Wildman–Crippen MR) is 89.6 cm³/mol. The van der Waals surface area contributed by atoms with Crippen LogP contribution < -0.4 is 15.4 Å². The van der Waals surface area contributed by atoms with Gasteiger partial charge in [-0.05, 0) is 35.4 Å². The van der Waals surface area contributed by atoms with Crippen LogP contribution >= 0.6 is 0 Å². The molecule has 2 rings (SSSR count). The van der Waals surface area contributed by atoms with Gasteiger partial charge in [-0.1, -0.05) is 12.1 Å². The summed E-state index contributed by atoms with van der Waals surface area (Å²) < 4.78 is 5.08. The number of amides is 1. The van der Waals surface area contributed by atoms with E-state index in [1.807, 2.05) is 42.5 Å². The molecule has 0 saturated carbocycles. The van der Waals surface area contributed by atoms with Gasteiger partial charge in [-0.2, -0.15) is 5.26 Å². The summed E-state index contributed by atoms with van der Waals surface area (Å²) in [5.74, 6) is 0.332. The van der Waals surface area contributed by atoms with Gasteiger partial charge in [-0.25, -0.2) is 0 Å². The predicted octanol–water partition coefficient (Wildman–Crippen LogP) is 1.90. The van der Waals surface area contributed by atoms with E-state index in [2.05, 4.69) is 15.6 Å². The third kappa shape index (κ3) is 5.14. The Morgan fingerprint density at radius 1 is 1.17 bits per heavy atom. The monoisotopic (exact) mass is 322 g/mol. The number of pyridine rings is 1. The second-order valence-electron chi connectivity index (χ2n) is 4.94. The van der Waals surface area contributed by atoms with Crippen molar-refractivity contribution in [3.63, 3.8) is 0 Å². The quantitative estimate of drug-likeness (QED) is 0.600. The van der Waals surface area contributed by atoms with E-state index in [0.717, 1.165) is 16.9 Å². The Morgan fingerprint density at radius 2 is 1.83 bits per heavy atom. The molecule has 1 aromatic heterocycles. The third-order valence-corrected chi connectivity index (χ3v) is 3.28. The molecule has 24 heavy (non-hydrogen) atoms. The summed E-state index contributed by atoms with van der Waals surface area (Å²) in [6.07, 6.45) is 4.80. The van der Waals surface area contributed by atoms with Crippen molar-refractivity contribution in [1.82, 2.24) is 15.6 Å². The average Bonchev–Trinajstić information content (AvgIpc) is 2.64. The normalized spacial score (nSPS) is 10.6. The van der Waals surface area contributed by atoms with Gasteiger partial charge in [0.05, 0.1) is 7.11 Å². The van der Waals surface area contributed by atoms with Crippen LogP contribution in [0.4, 0.5) is 0 Å². The summed E-state index contributed by atoms with van der Waals surface area (Å²) >= 11 is 0. The zero-order valence-corrected chi connectivity index (χ0v) is 13.3. The van der Waals surface area contributed by atoms with Gasteiger partial charge in [-0.15, -0.1) is 0 Å². The molecule has 0 saturated heterocycles. The van der Waals surface area contributed by atoms with Crippen molar-refractivity contribution < 1.29 is 9.53 Å². The lowest BCUT2D eigenvalue weighted by atomic mass is 10.2. The van der Waals surface area contributed by atoms with Crippen molar-refractivity contribution in [3.8, 4) is 11.8 Å². The molecule has 0 bridgehead atoms. The molecular formula is C18H18N4O2. The molecule has 0 spiro atoms. The molecule has 0 aliphatic rings. The molecule has 0 aliphatic carbocycles. The largest absolute Gasteiger partial charge is 0.497 e. The topological polar surface area (TPSA) is 87.0 Å². The molecule has 1 aromatic carbocycles. The molecule has 0 unspecified atom stereocenters. The first-order valence-corrected chi connectivity index (χ1v) is 7.36. The lowest BCUT2D eigenvalue weighted by Crippen LogP contribution is -2.25. The van der Waals surface area contributed by atoms with Crippen molar-refractivity contribution in [2.24, 2.45) is 0 Å². The van der Waals surface area contributed by atoms with Crippen LogP contribution in [0.3, 0.4) is 0 Å². The molecule has 1 heterocycles. The molecular weight excluding hydrogens is 304 g/mol. The highest BCUT2D eigenvalue weighted by Gasteiger charge is 2.08. The minimum atomic E-state index is -0.421. The van der Waals surface area contributed by atoms with E-state index in [9.17, 15) is 4.79 Å². The van der Waals surface area contributed by atoms with Gasteiger partial charge in [-0.3, -0.25) is 9.78 Å². The lowest BCUT2D eigenvalue weighted by Gasteiger charge is -2.06. The molecule has 0 fully saturated rings. The number of benzene rings is 1. The van der Waals surface area contributed by atoms with Crippen LogP contribution in [0.5, 0.6) is 5.75 Å². The number of hydrogen-bond donors (Lipinski definition) is 2. The maximum Gasteiger partial charge on any atom is 0.263 e. The molecule has 0 aliphatic heterocycles. The van der Waals surface area contributed by atoms with Crippen LogP contribution in [-0.2, 0) is 17.9 Å². The van der Waals surface area contributed by atoms with E-state index in [1.165, 1.54) is 6.20 Å². The molecule has 2 N–H and O–H groups in total. The molecule has 0 radical (unpaired) electrons. The third-order valence-electron chi connectivity index (χ3n) is 3.28. The smallest absolute Gasteiger partial charge is 0.263 e. The van der Waals surface area contributed by atoms with Crippen LogP contribution in [0, 0.1) is 11.3 Å². The van der Waals surface area contributed by atoms with Crippen LogP contribution in [0.2, 0.25) is 0 Å². The van der Waals surface area contributed by atoms with E-state index >= 15 is 0 Å². The van der Waals surface area contributed by atoms with E-state index in [4.69, 9.17) is 10.00 Å². The van der Waals surface area contributed by atoms with Gasteiger partial charge in [0.1, 0.15) is 17.4 Å². The van der Waals surface area contributed by atoms with Gasteiger partial charge in [0.25, 0.3) is 5.91 Å². The van der Waals surface area contributed by atoms with Crippen LogP contribution in [0.15, 0.2) is 60.6 Å². The summed E-state index contributed by atoms with van der Waals surface area (Å²) in [7, 11) is 1.60. The zero-order chi connectivity index (χ0) is 17.2. The highest BCUT2D eigenvalue weighted by molar-refractivity contribution is 5.97. The summed E-state index contributed by atoms with van der Waals surface area (Å²) in [4.78, 5) is 16.0. The number of nitriles is 1. The summed E-state index contributed by atoms with van der Waals surface area (Å²) in [6, 6.07) is 13.0. The Labute approximate surface area is 140 Å². The van der Waals surface area contributed by atoms with Gasteiger partial charge < -0.3 is 15.4 Å². The Morgan fingerprint density at radius 3 is 2.46 bits per heavy atom. The minimum absolute atomic E-state index is 0.0255. The van der Waals surface area contributed by atoms with Crippen molar-refractivity contribution >= 4 is 5.91 Å². The highest BCUT2D eigenvalue weighted by atomic mass is 16.5. The fourth-order valence-electron chi connectivity index (χ4n) is 1.94. The second-order valence-corrected chi connectivity index (χ2v) is 4.94. The maximum atomic E-state index is 12.0. The summed E-state index contributed by atoms with van der Waals surface area (Å²) in [6.45, 7) is 0.853. The molecule has 6 nitrogen and oxygen atoms in total. The van der Waals surface area contributed by atoms with E-state index in [1.54, 1.807) is 19.5 Å². The number of nitrogens with zero attached hydrogens (tertiary/aromatic N) is 2. The minimum Gasteiger partial charge on any atom is -0.497 e. The molecule has 1 amide bonds. The highest BCUT2D eigenvalue weighted by Crippen LogP contribution is 2.11. The summed E-state index contributed by atoms with van der Waals surface area (Å²) in [5, 5.41) is 14.8. The second kappa shape index (κ2) is 8.96. The number of hydrogen-bond acceptors (Lipinski definition) is 5. The van der Waals surface area contributed by atoms with Gasteiger partial charge in [0.15, 0.2) is 0 Å². The van der Waals surface area contributed by atoms with Crippen molar-refractivity contribution in [1.29, 1.82) is 5.26 Å². The van der Waals surface area contributed by atoms with Crippen molar-refractivity contribution in [3.05, 3.63) is 71.7 Å². The number of carbonyl (C=O) groups excluding carboxylic acids is 1. The molecule has 6 heteroatoms. The SMILES string of the molecule is COc1ccc(CNC(=O)/C(C#N)=C\NCc2ccncc2)cc1. The summed E-state index contributed by atoms with van der Waals surface area (Å²) in [5.41, 5.74) is 1.96. The number of rotatable bonds is 7. The van der Waals surface area contributed by atoms with Gasteiger partial charge in [0.2, 0.25) is 0 Å². The van der Waals surface area contributed by atoms with Crippen molar-refractivity contribution in [2.75, 3.05) is 7.11 Å². The average molecular weight is 322 g/mol. The van der Waals surface area contributed by atoms with E-state index in [0.29, 0.717) is 13.1 Å². The standard InChI is InChI=1S/C18H18N4O2/c1-24-17-4-2-14(3-5-17)12-22-18(23)16(10-19)13-21-11-15-6-8-20-9-7-15/h2-9,13,21H,11-12H2,1H3,(H,22,23)/b16-13-. The number of carbonyl (C=O) groups is 1. The Bertz CT molecular complexity index is 734. The Kier molecular flexibility index (Phi) is 6.35. The zero-order valence-electron chi connectivity index (χ0n) is 13.3. The van der Waals surface area contributed by atoms with Crippen LogP contribution in [0.25, 0.3) is 0 Å². The van der Waals surface area contributed by atoms with Crippen molar-refractivity contribution in [2.45, 2.75) is 13.1 Å². The lowest BCUT2D eigenvalue weighted by molar-refractivity contribution is -0.117. The van der Waals surface area contributed by atoms with Crippen LogP contribution in [-0.4, -0.2) is 18.0 Å². The first kappa shape index (κ1) is 17.0. The number of methoxy groups -OCH3 is 1. The van der Waals surface area contributed by atoms with Gasteiger partial charge >= 0.3 is 0 Å². The first-order chi connectivity index (χ1) is 11.7. The molecule has 122 valence electrons. The molecule has 0 atom stereocenters. The number of aromatic nitrogens is 1. The number of ether oxygens (including phenoxy) is 1. The first-order valence-electron chi connectivity index (χ1n) is 7.36. The maximum absolute atomic E-state index is 12.0. The fourth-order valence-corrected chi connectivity index (χ4v) is 1.94. The Hall–Kier alpha value is -3.33. The van der Waals surface area contributed by atoms with E-state index in [-0.39, 0.29) is 5.57 Å². The number of nitrogens with one attached hydrogen (secondary N) is 2. The fraction of sp³-hybridized carbons (Fsp3) is 0.167. The van der Waals surface area contributed by atoms with E-state index < -0.39 is 5.91 Å². The molecule has 2 aromatic rings. The Balaban J connectivity index is 1.86. The van der Waals surface area contributed by atoms with Gasteiger partial charge in [0, 0.05) is 31.7 Å². The van der Waals surface area contributed by atoms with Crippen LogP contribution in [0.1, 0.15) is 11.1 Å².